The van der Waals surface area contributed by atoms with Gasteiger partial charge < -0.3 is 19.3 Å². The fraction of sp³-hybridized carbons (Fsp3) is 0.476. The molecule has 27 heavy (non-hydrogen) atoms. The Labute approximate surface area is 164 Å². The first kappa shape index (κ1) is 18.8. The number of carbonyl (C=O) groups is 1. The van der Waals surface area contributed by atoms with E-state index in [-0.39, 0.29) is 17.9 Å². The number of carbonyl (C=O) groups excluding carboxylic acids is 1. The smallest absolute Gasteiger partial charge is 0.226 e. The number of Topliss-reactive ketones (excluding diaryl/α,β-unsaturated/α-hetero) is 1. The molecule has 2 aliphatic heterocycles. The molecular formula is C21H28N2O3S+2. The number of quaternary nitrogens is 2. The fourth-order valence-corrected chi connectivity index (χ4v) is 5.23. The molecule has 0 bridgehead atoms. The third kappa shape index (κ3) is 4.31. The zero-order valence-corrected chi connectivity index (χ0v) is 16.4. The van der Waals surface area contributed by atoms with Gasteiger partial charge in [0.2, 0.25) is 11.8 Å². The standard InChI is InChI=1S/C21H26N2O3S/c24-21(17-5-2-1-3-6-17)20(23-10-14-26-15-11-23)19(18-7-4-16-27-18)22-8-12-25-13-9-22/h1-7,16,19-20H,8-15H2/p+2/t19-,20-/m0/s1. The van der Waals surface area contributed by atoms with E-state index in [9.17, 15) is 4.79 Å². The number of rotatable bonds is 6. The second-order valence-corrected chi connectivity index (χ2v) is 8.22. The lowest BCUT2D eigenvalue weighted by atomic mass is 9.93. The number of nitrogens with one attached hydrogen (secondary N) is 2. The molecule has 3 heterocycles. The first-order chi connectivity index (χ1) is 13.3. The van der Waals surface area contributed by atoms with Crippen LogP contribution in [0.3, 0.4) is 0 Å². The zero-order chi connectivity index (χ0) is 18.5. The topological polar surface area (TPSA) is 44.4 Å². The van der Waals surface area contributed by atoms with Crippen molar-refractivity contribution >= 4 is 17.1 Å². The number of hydrogen-bond acceptors (Lipinski definition) is 4. The maximum Gasteiger partial charge on any atom is 0.226 e. The minimum atomic E-state index is -0.0944. The molecule has 2 N–H and O–H groups in total. The highest BCUT2D eigenvalue weighted by atomic mass is 32.1. The summed E-state index contributed by atoms with van der Waals surface area (Å²) in [7, 11) is 0. The summed E-state index contributed by atoms with van der Waals surface area (Å²) in [5.41, 5.74) is 0.815. The molecule has 2 atom stereocenters. The molecular weight excluding hydrogens is 360 g/mol. The fourth-order valence-electron chi connectivity index (χ4n) is 4.31. The van der Waals surface area contributed by atoms with E-state index < -0.39 is 0 Å². The minimum Gasteiger partial charge on any atom is -0.370 e. The van der Waals surface area contributed by atoms with E-state index in [0.717, 1.165) is 58.2 Å². The van der Waals surface area contributed by atoms with Crippen LogP contribution in [-0.2, 0) is 9.47 Å². The summed E-state index contributed by atoms with van der Waals surface area (Å²) in [5.74, 6) is 0.255. The second-order valence-electron chi connectivity index (χ2n) is 7.24. The third-order valence-electron chi connectivity index (χ3n) is 5.67. The minimum absolute atomic E-state index is 0.0944. The Hall–Kier alpha value is -1.57. The SMILES string of the molecule is O=C(c1ccccc1)[C@H]([C@H](c1cccs1)[NH+]1CCOCC1)[NH+]1CCOCC1. The van der Waals surface area contributed by atoms with Crippen LogP contribution in [-0.4, -0.2) is 64.4 Å². The Balaban J connectivity index is 1.72. The van der Waals surface area contributed by atoms with Crippen molar-refractivity contribution in [3.05, 3.63) is 58.3 Å². The van der Waals surface area contributed by atoms with Gasteiger partial charge in [-0.15, -0.1) is 11.3 Å². The number of ketones is 1. The van der Waals surface area contributed by atoms with Gasteiger partial charge in [-0.3, -0.25) is 4.79 Å². The van der Waals surface area contributed by atoms with Crippen molar-refractivity contribution in [2.45, 2.75) is 12.1 Å². The summed E-state index contributed by atoms with van der Waals surface area (Å²) >= 11 is 1.77. The Morgan fingerprint density at radius 2 is 1.48 bits per heavy atom. The van der Waals surface area contributed by atoms with E-state index in [0.29, 0.717) is 0 Å². The van der Waals surface area contributed by atoms with Gasteiger partial charge in [-0.25, -0.2) is 0 Å². The highest BCUT2D eigenvalue weighted by Gasteiger charge is 2.46. The maximum atomic E-state index is 13.7. The number of benzene rings is 1. The highest BCUT2D eigenvalue weighted by molar-refractivity contribution is 7.10. The molecule has 4 rings (SSSR count). The van der Waals surface area contributed by atoms with Crippen molar-refractivity contribution in [1.29, 1.82) is 0 Å². The van der Waals surface area contributed by atoms with Gasteiger partial charge >= 0.3 is 0 Å². The Bertz CT molecular complexity index is 710. The predicted molar refractivity (Wildman–Crippen MR) is 105 cm³/mol. The van der Waals surface area contributed by atoms with Crippen molar-refractivity contribution in [3.63, 3.8) is 0 Å². The van der Waals surface area contributed by atoms with Crippen LogP contribution in [0.5, 0.6) is 0 Å². The first-order valence-corrected chi connectivity index (χ1v) is 10.7. The van der Waals surface area contributed by atoms with Gasteiger partial charge in [-0.2, -0.15) is 0 Å². The molecule has 0 saturated carbocycles. The van der Waals surface area contributed by atoms with E-state index in [1.54, 1.807) is 11.3 Å². The number of thiophene rings is 1. The molecule has 0 spiro atoms. The van der Waals surface area contributed by atoms with Crippen LogP contribution in [0.4, 0.5) is 0 Å². The van der Waals surface area contributed by atoms with Crippen LogP contribution in [0, 0.1) is 0 Å². The van der Waals surface area contributed by atoms with Crippen LogP contribution >= 0.6 is 11.3 Å². The average Bonchev–Trinajstić information content (AvgIpc) is 3.28. The molecule has 5 nitrogen and oxygen atoms in total. The van der Waals surface area contributed by atoms with E-state index >= 15 is 0 Å². The van der Waals surface area contributed by atoms with E-state index in [1.165, 1.54) is 14.7 Å². The zero-order valence-electron chi connectivity index (χ0n) is 15.6. The molecule has 2 saturated heterocycles. The molecule has 2 aromatic rings. The van der Waals surface area contributed by atoms with Crippen LogP contribution < -0.4 is 9.80 Å². The van der Waals surface area contributed by atoms with Gasteiger partial charge in [0.1, 0.15) is 26.2 Å². The average molecular weight is 389 g/mol. The highest BCUT2D eigenvalue weighted by Crippen LogP contribution is 2.21. The Morgan fingerprint density at radius 3 is 2.07 bits per heavy atom. The van der Waals surface area contributed by atoms with Gasteiger partial charge in [-0.05, 0) is 11.4 Å². The van der Waals surface area contributed by atoms with Crippen LogP contribution in [0.1, 0.15) is 21.3 Å². The van der Waals surface area contributed by atoms with Crippen LogP contribution in [0.25, 0.3) is 0 Å². The van der Waals surface area contributed by atoms with Gasteiger partial charge in [0.15, 0.2) is 6.04 Å². The van der Waals surface area contributed by atoms with Gasteiger partial charge in [-0.1, -0.05) is 36.4 Å². The molecule has 2 fully saturated rings. The lowest BCUT2D eigenvalue weighted by molar-refractivity contribution is -0.998. The van der Waals surface area contributed by atoms with Crippen molar-refractivity contribution in [2.75, 3.05) is 52.6 Å². The second kappa shape index (κ2) is 9.08. The summed E-state index contributed by atoms with van der Waals surface area (Å²) in [5, 5.41) is 2.13. The lowest BCUT2D eigenvalue weighted by Gasteiger charge is -2.39. The van der Waals surface area contributed by atoms with Crippen molar-refractivity contribution in [1.82, 2.24) is 0 Å². The predicted octanol–water partition coefficient (Wildman–Crippen LogP) is -0.129. The van der Waals surface area contributed by atoms with E-state index in [1.807, 2.05) is 30.3 Å². The molecule has 144 valence electrons. The van der Waals surface area contributed by atoms with E-state index in [2.05, 4.69) is 17.5 Å². The molecule has 0 aliphatic carbocycles. The van der Waals surface area contributed by atoms with Gasteiger partial charge in [0, 0.05) is 5.56 Å². The quantitative estimate of drug-likeness (QED) is 0.678. The summed E-state index contributed by atoms with van der Waals surface area (Å²) in [6.45, 7) is 6.65. The van der Waals surface area contributed by atoms with Crippen molar-refractivity contribution < 1.29 is 24.1 Å². The molecule has 2 aliphatic rings. The summed E-state index contributed by atoms with van der Waals surface area (Å²) < 4.78 is 11.2. The number of ether oxygens (including phenoxy) is 2. The first-order valence-electron chi connectivity index (χ1n) is 9.82. The number of hydrogen-bond donors (Lipinski definition) is 2. The molecule has 6 heteroatoms. The molecule has 0 radical (unpaired) electrons. The summed E-state index contributed by atoms with van der Waals surface area (Å²) in [6, 6.07) is 14.2. The molecule has 1 aromatic heterocycles. The van der Waals surface area contributed by atoms with Crippen molar-refractivity contribution in [2.24, 2.45) is 0 Å². The largest absolute Gasteiger partial charge is 0.370 e. The Morgan fingerprint density at radius 1 is 0.852 bits per heavy atom. The Kier molecular flexibility index (Phi) is 6.32. The normalized spacial score (nSPS) is 21.6. The van der Waals surface area contributed by atoms with Crippen molar-refractivity contribution in [3.8, 4) is 0 Å². The third-order valence-corrected chi connectivity index (χ3v) is 6.63. The van der Waals surface area contributed by atoms with Crippen LogP contribution in [0.2, 0.25) is 0 Å². The molecule has 1 aromatic carbocycles. The summed E-state index contributed by atoms with van der Waals surface area (Å²) in [4.78, 5) is 17.9. The molecule has 0 amide bonds. The number of morpholine rings is 2. The lowest BCUT2D eigenvalue weighted by Crippen LogP contribution is -3.25. The monoisotopic (exact) mass is 388 g/mol. The summed E-state index contributed by atoms with van der Waals surface area (Å²) in [6.07, 6.45) is 0. The molecule has 0 unspecified atom stereocenters. The maximum absolute atomic E-state index is 13.7. The van der Waals surface area contributed by atoms with Gasteiger partial charge in [0.25, 0.3) is 0 Å². The van der Waals surface area contributed by atoms with Gasteiger partial charge in [0.05, 0.1) is 31.3 Å². The van der Waals surface area contributed by atoms with E-state index in [4.69, 9.17) is 9.47 Å². The van der Waals surface area contributed by atoms with Crippen LogP contribution in [0.15, 0.2) is 47.8 Å².